The normalized spacial score (nSPS) is 11.3. The molecule has 1 N–H and O–H groups in total. The van der Waals surface area contributed by atoms with E-state index in [1.807, 2.05) is 18.2 Å². The molecule has 0 aliphatic heterocycles. The fourth-order valence-electron chi connectivity index (χ4n) is 3.25. The van der Waals surface area contributed by atoms with Gasteiger partial charge in [0.2, 0.25) is 11.7 Å². The number of hydrogen-bond acceptors (Lipinski definition) is 5. The molecule has 7 nitrogen and oxygen atoms in total. The van der Waals surface area contributed by atoms with E-state index in [0.29, 0.717) is 28.4 Å². The third-order valence-corrected chi connectivity index (χ3v) is 5.92. The Morgan fingerprint density at radius 1 is 1.23 bits per heavy atom. The molecule has 0 saturated carbocycles. The van der Waals surface area contributed by atoms with Crippen LogP contribution < -0.4 is 10.9 Å². The monoisotopic (exact) mass is 459 g/mol. The summed E-state index contributed by atoms with van der Waals surface area (Å²) in [5.74, 6) is -0.578. The van der Waals surface area contributed by atoms with Crippen LogP contribution in [0, 0.1) is 5.82 Å². The highest BCUT2D eigenvalue weighted by Gasteiger charge is 2.17. The van der Waals surface area contributed by atoms with Crippen molar-refractivity contribution in [3.63, 3.8) is 0 Å². The van der Waals surface area contributed by atoms with Gasteiger partial charge in [0.05, 0.1) is 22.3 Å². The Morgan fingerprint density at radius 2 is 2.03 bits per heavy atom. The van der Waals surface area contributed by atoms with Gasteiger partial charge in [0.25, 0.3) is 5.56 Å². The molecule has 4 rings (SSSR count). The number of anilines is 1. The van der Waals surface area contributed by atoms with Crippen molar-refractivity contribution in [1.82, 2.24) is 19.2 Å². The molecule has 0 saturated heterocycles. The number of carbonyl (C=O) groups excluding carboxylic acids is 1. The van der Waals surface area contributed by atoms with Gasteiger partial charge in [-0.25, -0.2) is 4.39 Å². The van der Waals surface area contributed by atoms with Crippen molar-refractivity contribution in [2.75, 3.05) is 11.1 Å². The first-order chi connectivity index (χ1) is 15.0. The van der Waals surface area contributed by atoms with Gasteiger partial charge in [0.15, 0.2) is 5.16 Å². The van der Waals surface area contributed by atoms with E-state index in [0.717, 1.165) is 30.7 Å². The van der Waals surface area contributed by atoms with Gasteiger partial charge >= 0.3 is 0 Å². The lowest BCUT2D eigenvalue weighted by Gasteiger charge is -2.11. The summed E-state index contributed by atoms with van der Waals surface area (Å²) in [6.07, 6.45) is 1.76. The molecule has 0 aliphatic rings. The smallest absolute Gasteiger partial charge is 0.262 e. The number of fused-ring (bicyclic) bond motifs is 3. The number of rotatable bonds is 7. The Kier molecular flexibility index (Phi) is 6.24. The quantitative estimate of drug-likeness (QED) is 0.415. The zero-order valence-electron chi connectivity index (χ0n) is 16.6. The molecule has 0 unspecified atom stereocenters. The molecule has 2 heterocycles. The third kappa shape index (κ3) is 4.28. The van der Waals surface area contributed by atoms with Crippen LogP contribution in [-0.2, 0) is 11.3 Å². The maximum Gasteiger partial charge on any atom is 0.262 e. The molecule has 2 aromatic carbocycles. The molecular formula is C21H19ClFN5O2S. The predicted molar refractivity (Wildman–Crippen MR) is 120 cm³/mol. The van der Waals surface area contributed by atoms with Crippen LogP contribution in [0.2, 0.25) is 5.02 Å². The zero-order chi connectivity index (χ0) is 22.0. The van der Waals surface area contributed by atoms with Crippen LogP contribution in [-0.4, -0.2) is 30.8 Å². The molecule has 0 fully saturated rings. The Hall–Kier alpha value is -2.91. The summed E-state index contributed by atoms with van der Waals surface area (Å²) in [5.41, 5.74) is 0.614. The van der Waals surface area contributed by atoms with Crippen LogP contribution in [0.5, 0.6) is 0 Å². The topological polar surface area (TPSA) is 81.3 Å². The molecule has 160 valence electrons. The molecule has 0 spiro atoms. The average Bonchev–Trinajstić information content (AvgIpc) is 3.18. The van der Waals surface area contributed by atoms with E-state index in [1.54, 1.807) is 15.0 Å². The minimum atomic E-state index is -0.607. The Bertz CT molecular complexity index is 1340. The number of benzene rings is 2. The lowest BCUT2D eigenvalue weighted by atomic mass is 10.2. The van der Waals surface area contributed by atoms with Gasteiger partial charge in [-0.2, -0.15) is 0 Å². The molecule has 0 aliphatic carbocycles. The van der Waals surface area contributed by atoms with Gasteiger partial charge in [-0.1, -0.05) is 48.8 Å². The molecule has 1 amide bonds. The van der Waals surface area contributed by atoms with Gasteiger partial charge in [-0.3, -0.25) is 18.6 Å². The summed E-state index contributed by atoms with van der Waals surface area (Å²) in [6, 6.07) is 11.3. The first-order valence-electron chi connectivity index (χ1n) is 9.74. The van der Waals surface area contributed by atoms with Crippen molar-refractivity contribution in [2.45, 2.75) is 31.5 Å². The number of para-hydroxylation sites is 1. The number of carbonyl (C=O) groups is 1. The molecule has 0 bridgehead atoms. The summed E-state index contributed by atoms with van der Waals surface area (Å²) in [7, 11) is 0. The lowest BCUT2D eigenvalue weighted by Crippen LogP contribution is -2.23. The third-order valence-electron chi connectivity index (χ3n) is 4.75. The van der Waals surface area contributed by atoms with Crippen molar-refractivity contribution in [3.8, 4) is 0 Å². The fourth-order valence-corrected chi connectivity index (χ4v) is 4.15. The number of nitrogens with one attached hydrogen (secondary N) is 1. The van der Waals surface area contributed by atoms with Crippen molar-refractivity contribution in [3.05, 3.63) is 63.7 Å². The van der Waals surface area contributed by atoms with Crippen molar-refractivity contribution >= 4 is 51.6 Å². The summed E-state index contributed by atoms with van der Waals surface area (Å²) >= 11 is 6.90. The first-order valence-corrected chi connectivity index (χ1v) is 11.1. The van der Waals surface area contributed by atoms with Gasteiger partial charge < -0.3 is 5.32 Å². The van der Waals surface area contributed by atoms with Gasteiger partial charge in [-0.05, 0) is 36.8 Å². The van der Waals surface area contributed by atoms with E-state index in [2.05, 4.69) is 22.4 Å². The maximum absolute atomic E-state index is 13.9. The van der Waals surface area contributed by atoms with E-state index in [1.165, 1.54) is 12.1 Å². The minimum Gasteiger partial charge on any atom is -0.323 e. The minimum absolute atomic E-state index is 0.00866. The number of unbranched alkanes of at least 4 members (excludes halogenated alkanes) is 1. The lowest BCUT2D eigenvalue weighted by molar-refractivity contribution is -0.113. The van der Waals surface area contributed by atoms with Crippen LogP contribution >= 0.6 is 23.4 Å². The zero-order valence-corrected chi connectivity index (χ0v) is 18.2. The number of halogens is 2. The van der Waals surface area contributed by atoms with Crippen LogP contribution in [0.25, 0.3) is 16.7 Å². The maximum atomic E-state index is 13.9. The van der Waals surface area contributed by atoms with Gasteiger partial charge in [-0.15, -0.1) is 10.2 Å². The summed E-state index contributed by atoms with van der Waals surface area (Å²) in [4.78, 5) is 25.3. The average molecular weight is 460 g/mol. The highest BCUT2D eigenvalue weighted by molar-refractivity contribution is 7.99. The number of thioether (sulfide) groups is 1. The largest absolute Gasteiger partial charge is 0.323 e. The van der Waals surface area contributed by atoms with Crippen LogP contribution in [0.3, 0.4) is 0 Å². The van der Waals surface area contributed by atoms with E-state index in [-0.39, 0.29) is 22.0 Å². The van der Waals surface area contributed by atoms with Crippen LogP contribution in [0.1, 0.15) is 19.8 Å². The molecule has 31 heavy (non-hydrogen) atoms. The van der Waals surface area contributed by atoms with Crippen LogP contribution in [0.4, 0.5) is 10.1 Å². The highest BCUT2D eigenvalue weighted by Crippen LogP contribution is 2.23. The van der Waals surface area contributed by atoms with Crippen molar-refractivity contribution < 1.29 is 9.18 Å². The Labute approximate surface area is 186 Å². The second-order valence-corrected chi connectivity index (χ2v) is 8.29. The SMILES string of the molecule is CCCCn1c(=O)c2ccccc2n2c(SCC(=O)Nc3ccc(Cl)cc3F)nnc12. The summed E-state index contributed by atoms with van der Waals surface area (Å²) in [5, 5.41) is 12.2. The molecule has 2 aromatic heterocycles. The van der Waals surface area contributed by atoms with Crippen LogP contribution in [0.15, 0.2) is 52.4 Å². The second kappa shape index (κ2) is 9.07. The number of nitrogens with zero attached hydrogens (tertiary/aromatic N) is 4. The standard InChI is InChI=1S/C21H19ClFN5O2S/c1-2-3-10-27-19(30)14-6-4-5-7-17(14)28-20(27)25-26-21(28)31-12-18(29)24-16-9-8-13(22)11-15(16)23/h4-9,11H,2-3,10,12H2,1H3,(H,24,29). The Balaban J connectivity index is 1.64. The predicted octanol–water partition coefficient (Wildman–Crippen LogP) is 4.37. The molecular weight excluding hydrogens is 441 g/mol. The van der Waals surface area contributed by atoms with Gasteiger partial charge in [0.1, 0.15) is 5.82 Å². The Morgan fingerprint density at radius 3 is 2.81 bits per heavy atom. The van der Waals surface area contributed by atoms with Crippen molar-refractivity contribution in [1.29, 1.82) is 0 Å². The summed E-state index contributed by atoms with van der Waals surface area (Å²) in [6.45, 7) is 2.58. The van der Waals surface area contributed by atoms with E-state index < -0.39 is 11.7 Å². The molecule has 0 atom stereocenters. The first kappa shape index (κ1) is 21.3. The fraction of sp³-hybridized carbons (Fsp3) is 0.238. The van der Waals surface area contributed by atoms with E-state index >= 15 is 0 Å². The highest BCUT2D eigenvalue weighted by atomic mass is 35.5. The number of amides is 1. The summed E-state index contributed by atoms with van der Waals surface area (Å²) < 4.78 is 17.3. The second-order valence-electron chi connectivity index (χ2n) is 6.91. The van der Waals surface area contributed by atoms with Gasteiger partial charge in [0, 0.05) is 11.6 Å². The van der Waals surface area contributed by atoms with E-state index in [4.69, 9.17) is 11.6 Å². The molecule has 10 heteroatoms. The number of aromatic nitrogens is 4. The number of aryl methyl sites for hydroxylation is 1. The number of hydrogen-bond donors (Lipinski definition) is 1. The van der Waals surface area contributed by atoms with Crippen molar-refractivity contribution in [2.24, 2.45) is 0 Å². The van der Waals surface area contributed by atoms with E-state index in [9.17, 15) is 14.0 Å². The molecule has 4 aromatic rings. The molecule has 0 radical (unpaired) electrons.